The normalized spacial score (nSPS) is 18.3. The van der Waals surface area contributed by atoms with Crippen LogP contribution in [-0.4, -0.2) is 68.1 Å². The predicted molar refractivity (Wildman–Crippen MR) is 124 cm³/mol. The van der Waals surface area contributed by atoms with Gasteiger partial charge in [-0.25, -0.2) is 4.98 Å². The molecule has 8 nitrogen and oxygen atoms in total. The van der Waals surface area contributed by atoms with Gasteiger partial charge in [0.05, 0.1) is 24.3 Å². The number of ether oxygens (including phenoxy) is 1. The largest absolute Gasteiger partial charge is 0.385 e. The third kappa shape index (κ3) is 5.44. The summed E-state index contributed by atoms with van der Waals surface area (Å²) in [6.07, 6.45) is 3.69. The highest BCUT2D eigenvalue weighted by molar-refractivity contribution is 6.04. The van der Waals surface area contributed by atoms with Gasteiger partial charge in [-0.1, -0.05) is 30.3 Å². The zero-order chi connectivity index (χ0) is 22.3. The van der Waals surface area contributed by atoms with Gasteiger partial charge in [0.2, 0.25) is 5.91 Å². The molecule has 1 atom stereocenters. The molecule has 4 rings (SSSR count). The molecule has 0 saturated carbocycles. The molecule has 32 heavy (non-hydrogen) atoms. The number of likely N-dealkylation sites (tertiary alicyclic amines) is 1. The van der Waals surface area contributed by atoms with Crippen molar-refractivity contribution in [2.45, 2.75) is 19.4 Å². The van der Waals surface area contributed by atoms with Crippen molar-refractivity contribution in [3.8, 4) is 0 Å². The molecule has 1 aromatic carbocycles. The summed E-state index contributed by atoms with van der Waals surface area (Å²) in [5, 5.41) is 6.11. The van der Waals surface area contributed by atoms with Gasteiger partial charge >= 0.3 is 0 Å². The highest BCUT2D eigenvalue weighted by Crippen LogP contribution is 2.30. The molecule has 0 spiro atoms. The maximum atomic E-state index is 12.8. The number of amides is 2. The van der Waals surface area contributed by atoms with Crippen LogP contribution in [0.2, 0.25) is 0 Å². The lowest BCUT2D eigenvalue weighted by Gasteiger charge is -2.29. The molecule has 8 heteroatoms. The number of hydrogen-bond acceptors (Lipinski definition) is 6. The van der Waals surface area contributed by atoms with Crippen molar-refractivity contribution in [1.29, 1.82) is 0 Å². The summed E-state index contributed by atoms with van der Waals surface area (Å²) in [6.45, 7) is 5.15. The van der Waals surface area contributed by atoms with Crippen LogP contribution in [0.25, 0.3) is 0 Å². The summed E-state index contributed by atoms with van der Waals surface area (Å²) in [5.74, 6) is 0.875. The number of methoxy groups -OCH3 is 1. The molecule has 1 fully saturated rings. The first-order valence-electron chi connectivity index (χ1n) is 11.2. The number of carbonyl (C=O) groups is 2. The zero-order valence-corrected chi connectivity index (χ0v) is 18.5. The van der Waals surface area contributed by atoms with Crippen molar-refractivity contribution in [2.24, 2.45) is 5.92 Å². The molecule has 0 radical (unpaired) electrons. The van der Waals surface area contributed by atoms with Crippen LogP contribution >= 0.6 is 0 Å². The van der Waals surface area contributed by atoms with E-state index in [1.165, 1.54) is 0 Å². The molecule has 2 aliphatic rings. The minimum Gasteiger partial charge on any atom is -0.385 e. The van der Waals surface area contributed by atoms with Crippen LogP contribution in [0.3, 0.4) is 0 Å². The Bertz CT molecular complexity index is 936. The average molecular weight is 438 g/mol. The maximum absolute atomic E-state index is 12.8. The van der Waals surface area contributed by atoms with E-state index in [0.717, 1.165) is 44.6 Å². The van der Waals surface area contributed by atoms with E-state index < -0.39 is 0 Å². The number of benzene rings is 1. The zero-order valence-electron chi connectivity index (χ0n) is 18.5. The lowest BCUT2D eigenvalue weighted by molar-refractivity contribution is -0.117. The van der Waals surface area contributed by atoms with E-state index in [1.807, 2.05) is 30.3 Å². The third-order valence-electron chi connectivity index (χ3n) is 6.06. The lowest BCUT2D eigenvalue weighted by atomic mass is 10.1. The van der Waals surface area contributed by atoms with Crippen molar-refractivity contribution >= 4 is 23.3 Å². The van der Waals surface area contributed by atoms with Gasteiger partial charge in [0.15, 0.2) is 5.82 Å². The summed E-state index contributed by atoms with van der Waals surface area (Å²) < 4.78 is 5.12. The second-order valence-electron chi connectivity index (χ2n) is 8.42. The Morgan fingerprint density at radius 1 is 1.31 bits per heavy atom. The molecule has 1 unspecified atom stereocenters. The Labute approximate surface area is 188 Å². The van der Waals surface area contributed by atoms with Gasteiger partial charge in [-0.2, -0.15) is 0 Å². The van der Waals surface area contributed by atoms with Gasteiger partial charge in [0.1, 0.15) is 0 Å². The number of fused-ring (bicyclic) bond motifs is 1. The first kappa shape index (κ1) is 22.2. The molecule has 2 aliphatic heterocycles. The number of hydrogen-bond donors (Lipinski definition) is 2. The molecular weight excluding hydrogens is 406 g/mol. The minimum absolute atomic E-state index is 0.0415. The Kier molecular flexibility index (Phi) is 7.34. The summed E-state index contributed by atoms with van der Waals surface area (Å²) in [4.78, 5) is 33.9. The van der Waals surface area contributed by atoms with Crippen molar-refractivity contribution < 1.29 is 14.3 Å². The second-order valence-corrected chi connectivity index (χ2v) is 8.42. The molecule has 1 saturated heterocycles. The number of nitrogens with one attached hydrogen (secondary N) is 2. The van der Waals surface area contributed by atoms with Gasteiger partial charge in [-0.05, 0) is 36.9 Å². The first-order chi connectivity index (χ1) is 15.6. The Morgan fingerprint density at radius 2 is 2.16 bits per heavy atom. The van der Waals surface area contributed by atoms with Gasteiger partial charge < -0.3 is 25.2 Å². The van der Waals surface area contributed by atoms with Gasteiger partial charge in [0.25, 0.3) is 5.91 Å². The van der Waals surface area contributed by atoms with E-state index in [4.69, 9.17) is 4.74 Å². The van der Waals surface area contributed by atoms with E-state index in [9.17, 15) is 9.59 Å². The Balaban J connectivity index is 1.37. The number of nitrogens with zero attached hydrogens (tertiary/aromatic N) is 3. The van der Waals surface area contributed by atoms with E-state index >= 15 is 0 Å². The summed E-state index contributed by atoms with van der Waals surface area (Å²) in [5.41, 5.74) is 2.14. The first-order valence-corrected chi connectivity index (χ1v) is 11.2. The van der Waals surface area contributed by atoms with Crippen LogP contribution in [0.15, 0.2) is 42.6 Å². The molecular formula is C24H31N5O3. The van der Waals surface area contributed by atoms with Crippen molar-refractivity contribution in [3.63, 3.8) is 0 Å². The van der Waals surface area contributed by atoms with Gasteiger partial charge in [-0.3, -0.25) is 9.59 Å². The molecule has 2 N–H and O–H groups in total. The van der Waals surface area contributed by atoms with Crippen LogP contribution in [0.1, 0.15) is 28.8 Å². The molecule has 0 bridgehead atoms. The third-order valence-corrected chi connectivity index (χ3v) is 6.06. The minimum atomic E-state index is -0.157. The van der Waals surface area contributed by atoms with Crippen LogP contribution < -0.4 is 15.5 Å². The van der Waals surface area contributed by atoms with Gasteiger partial charge in [-0.15, -0.1) is 0 Å². The number of carbonyl (C=O) groups excluding carboxylic acids is 2. The highest BCUT2D eigenvalue weighted by Gasteiger charge is 2.27. The topological polar surface area (TPSA) is 86.8 Å². The highest BCUT2D eigenvalue weighted by atomic mass is 16.5. The average Bonchev–Trinajstić information content (AvgIpc) is 3.27. The maximum Gasteiger partial charge on any atom is 0.252 e. The quantitative estimate of drug-likeness (QED) is 0.585. The second kappa shape index (κ2) is 10.6. The fraction of sp³-hybridized carbons (Fsp3) is 0.458. The molecule has 3 heterocycles. The molecule has 170 valence electrons. The van der Waals surface area contributed by atoms with Crippen LogP contribution in [0, 0.1) is 5.92 Å². The van der Waals surface area contributed by atoms with Crippen LogP contribution in [-0.2, 0) is 16.1 Å². The number of anilines is 2. The predicted octanol–water partition coefficient (Wildman–Crippen LogP) is 2.13. The number of rotatable bonds is 9. The van der Waals surface area contributed by atoms with Crippen LogP contribution in [0.4, 0.5) is 11.5 Å². The fourth-order valence-corrected chi connectivity index (χ4v) is 4.30. The SMILES string of the molecule is COCCCN1CCC(CNC(=O)c2cnc3c(c2)N(Cc2ccccc2)C(=O)CN3)C1. The Morgan fingerprint density at radius 3 is 2.97 bits per heavy atom. The van der Waals surface area contributed by atoms with E-state index in [1.54, 1.807) is 24.3 Å². The van der Waals surface area contributed by atoms with E-state index in [0.29, 0.717) is 36.1 Å². The molecule has 1 aromatic heterocycles. The van der Waals surface area contributed by atoms with Crippen molar-refractivity contribution in [1.82, 2.24) is 15.2 Å². The monoisotopic (exact) mass is 437 g/mol. The summed E-state index contributed by atoms with van der Waals surface area (Å²) >= 11 is 0. The fourth-order valence-electron chi connectivity index (χ4n) is 4.30. The molecule has 2 aromatic rings. The van der Waals surface area contributed by atoms with Crippen molar-refractivity contribution in [2.75, 3.05) is 56.7 Å². The number of aromatic nitrogens is 1. The van der Waals surface area contributed by atoms with E-state index in [2.05, 4.69) is 20.5 Å². The summed E-state index contributed by atoms with van der Waals surface area (Å²) in [7, 11) is 1.73. The lowest BCUT2D eigenvalue weighted by Crippen LogP contribution is -2.40. The van der Waals surface area contributed by atoms with Crippen molar-refractivity contribution in [3.05, 3.63) is 53.7 Å². The molecule has 0 aliphatic carbocycles. The number of pyridine rings is 1. The Hall–Kier alpha value is -2.97. The van der Waals surface area contributed by atoms with E-state index in [-0.39, 0.29) is 18.4 Å². The summed E-state index contributed by atoms with van der Waals surface area (Å²) in [6, 6.07) is 11.6. The van der Waals surface area contributed by atoms with Gasteiger partial charge in [0, 0.05) is 39.5 Å². The smallest absolute Gasteiger partial charge is 0.252 e. The van der Waals surface area contributed by atoms with Crippen LogP contribution in [0.5, 0.6) is 0 Å². The molecule has 2 amide bonds. The standard InChI is InChI=1S/C24H31N5O3/c1-32-11-5-9-28-10-8-19(16-28)13-27-24(31)20-12-21-23(25-14-20)26-15-22(30)29(21)17-18-6-3-2-4-7-18/h2-4,6-7,12,14,19H,5,8-11,13,15-17H2,1H3,(H,25,26)(H,27,31).